The molecule has 24 heavy (non-hydrogen) atoms. The molecular weight excluding hydrogens is 300 g/mol. The molecule has 2 aromatic carbocycles. The maximum Gasteiger partial charge on any atom is 0.243 e. The van der Waals surface area contributed by atoms with E-state index in [1.165, 1.54) is 0 Å². The molecule has 0 saturated heterocycles. The Morgan fingerprint density at radius 3 is 2.71 bits per heavy atom. The van der Waals surface area contributed by atoms with Crippen molar-refractivity contribution in [2.75, 3.05) is 17.2 Å². The second-order valence-electron chi connectivity index (χ2n) is 5.72. The van der Waals surface area contributed by atoms with Gasteiger partial charge in [-0.15, -0.1) is 0 Å². The second kappa shape index (κ2) is 7.00. The highest BCUT2D eigenvalue weighted by atomic mass is 16.1. The van der Waals surface area contributed by atoms with Crippen LogP contribution in [0.15, 0.2) is 60.9 Å². The molecule has 122 valence electrons. The summed E-state index contributed by atoms with van der Waals surface area (Å²) in [5, 5.41) is 10.3. The topological polar surface area (TPSA) is 59.0 Å². The zero-order valence-corrected chi connectivity index (χ0v) is 13.8. The van der Waals surface area contributed by atoms with Gasteiger partial charge in [-0.2, -0.15) is 5.10 Å². The Morgan fingerprint density at radius 2 is 2.00 bits per heavy atom. The molecule has 0 fully saturated rings. The minimum Gasteiger partial charge on any atom is -0.376 e. The van der Waals surface area contributed by atoms with Crippen LogP contribution in [0.2, 0.25) is 0 Å². The van der Waals surface area contributed by atoms with Crippen LogP contribution in [0.3, 0.4) is 0 Å². The van der Waals surface area contributed by atoms with E-state index in [4.69, 9.17) is 0 Å². The SMILES string of the molecule is Cc1cccc(NC(=O)CNc2ccc(-n3cccn3)cc2C)c1. The first-order chi connectivity index (χ1) is 11.6. The molecule has 0 aliphatic carbocycles. The molecule has 3 rings (SSSR count). The highest BCUT2D eigenvalue weighted by Gasteiger charge is 2.05. The second-order valence-corrected chi connectivity index (χ2v) is 5.72. The summed E-state index contributed by atoms with van der Waals surface area (Å²) in [7, 11) is 0. The van der Waals surface area contributed by atoms with Gasteiger partial charge in [-0.3, -0.25) is 4.79 Å². The van der Waals surface area contributed by atoms with Crippen molar-refractivity contribution in [3.63, 3.8) is 0 Å². The first-order valence-electron chi connectivity index (χ1n) is 7.83. The third-order valence-corrected chi connectivity index (χ3v) is 3.72. The van der Waals surface area contributed by atoms with Crippen LogP contribution in [0, 0.1) is 13.8 Å². The fraction of sp³-hybridized carbons (Fsp3) is 0.158. The van der Waals surface area contributed by atoms with Gasteiger partial charge in [-0.1, -0.05) is 12.1 Å². The van der Waals surface area contributed by atoms with E-state index in [2.05, 4.69) is 15.7 Å². The van der Waals surface area contributed by atoms with E-state index in [1.807, 2.05) is 68.6 Å². The van der Waals surface area contributed by atoms with Crippen molar-refractivity contribution < 1.29 is 4.79 Å². The Labute approximate surface area is 141 Å². The average molecular weight is 320 g/mol. The summed E-state index contributed by atoms with van der Waals surface area (Å²) in [4.78, 5) is 12.1. The molecule has 0 unspecified atom stereocenters. The molecule has 3 aromatic rings. The van der Waals surface area contributed by atoms with E-state index in [0.717, 1.165) is 28.2 Å². The number of hydrogen-bond donors (Lipinski definition) is 2. The summed E-state index contributed by atoms with van der Waals surface area (Å²) in [6, 6.07) is 15.6. The normalized spacial score (nSPS) is 10.4. The molecule has 0 spiro atoms. The van der Waals surface area contributed by atoms with Crippen LogP contribution in [0.1, 0.15) is 11.1 Å². The quantitative estimate of drug-likeness (QED) is 0.756. The van der Waals surface area contributed by atoms with Gasteiger partial charge in [0.1, 0.15) is 0 Å². The van der Waals surface area contributed by atoms with E-state index in [1.54, 1.807) is 10.9 Å². The fourth-order valence-corrected chi connectivity index (χ4v) is 2.51. The maximum absolute atomic E-state index is 12.1. The summed E-state index contributed by atoms with van der Waals surface area (Å²) in [5.41, 5.74) is 4.92. The number of nitrogens with zero attached hydrogens (tertiary/aromatic N) is 2. The zero-order chi connectivity index (χ0) is 16.9. The number of benzene rings is 2. The molecule has 1 heterocycles. The third-order valence-electron chi connectivity index (χ3n) is 3.72. The maximum atomic E-state index is 12.1. The van der Waals surface area contributed by atoms with Gasteiger partial charge in [0.05, 0.1) is 12.2 Å². The van der Waals surface area contributed by atoms with Gasteiger partial charge < -0.3 is 10.6 Å². The number of aromatic nitrogens is 2. The van der Waals surface area contributed by atoms with Crippen LogP contribution in [0.5, 0.6) is 0 Å². The van der Waals surface area contributed by atoms with Crippen molar-refractivity contribution in [3.05, 3.63) is 72.1 Å². The summed E-state index contributed by atoms with van der Waals surface area (Å²) in [6.45, 7) is 4.22. The van der Waals surface area contributed by atoms with Gasteiger partial charge in [0.15, 0.2) is 0 Å². The standard InChI is InChI=1S/C19H20N4O/c1-14-5-3-6-16(11-14)22-19(24)13-20-18-8-7-17(12-15(18)2)23-10-4-9-21-23/h3-12,20H,13H2,1-2H3,(H,22,24). The minimum absolute atomic E-state index is 0.0730. The number of anilines is 2. The number of carbonyl (C=O) groups excluding carboxylic acids is 1. The van der Waals surface area contributed by atoms with E-state index in [9.17, 15) is 4.79 Å². The lowest BCUT2D eigenvalue weighted by Crippen LogP contribution is -2.22. The fourth-order valence-electron chi connectivity index (χ4n) is 2.51. The van der Waals surface area contributed by atoms with Crippen molar-refractivity contribution in [3.8, 4) is 5.69 Å². The van der Waals surface area contributed by atoms with Gasteiger partial charge >= 0.3 is 0 Å². The molecule has 0 aliphatic heterocycles. The predicted octanol–water partition coefficient (Wildman–Crippen LogP) is 3.54. The zero-order valence-electron chi connectivity index (χ0n) is 13.8. The Balaban J connectivity index is 1.61. The van der Waals surface area contributed by atoms with E-state index in [0.29, 0.717) is 0 Å². The Kier molecular flexibility index (Phi) is 4.61. The molecule has 0 radical (unpaired) electrons. The van der Waals surface area contributed by atoms with E-state index >= 15 is 0 Å². The Morgan fingerprint density at radius 1 is 1.12 bits per heavy atom. The molecule has 2 N–H and O–H groups in total. The van der Waals surface area contributed by atoms with Crippen molar-refractivity contribution in [2.45, 2.75) is 13.8 Å². The van der Waals surface area contributed by atoms with Gasteiger partial charge in [0.25, 0.3) is 0 Å². The lowest BCUT2D eigenvalue weighted by atomic mass is 10.1. The van der Waals surface area contributed by atoms with Crippen molar-refractivity contribution in [1.82, 2.24) is 9.78 Å². The van der Waals surface area contributed by atoms with Crippen LogP contribution >= 0.6 is 0 Å². The van der Waals surface area contributed by atoms with Crippen LogP contribution in [-0.4, -0.2) is 22.2 Å². The Hall–Kier alpha value is -3.08. The highest BCUT2D eigenvalue weighted by molar-refractivity contribution is 5.93. The average Bonchev–Trinajstić information content (AvgIpc) is 3.08. The first kappa shape index (κ1) is 15.8. The number of hydrogen-bond acceptors (Lipinski definition) is 3. The lowest BCUT2D eigenvalue weighted by Gasteiger charge is -2.12. The molecule has 5 nitrogen and oxygen atoms in total. The van der Waals surface area contributed by atoms with Crippen LogP contribution in [0.4, 0.5) is 11.4 Å². The summed E-state index contributed by atoms with van der Waals surface area (Å²) in [6.07, 6.45) is 3.65. The summed E-state index contributed by atoms with van der Waals surface area (Å²) < 4.78 is 1.81. The molecule has 0 aliphatic rings. The summed E-state index contributed by atoms with van der Waals surface area (Å²) >= 11 is 0. The smallest absolute Gasteiger partial charge is 0.243 e. The van der Waals surface area contributed by atoms with Crippen molar-refractivity contribution in [1.29, 1.82) is 0 Å². The largest absolute Gasteiger partial charge is 0.376 e. The van der Waals surface area contributed by atoms with E-state index in [-0.39, 0.29) is 12.5 Å². The van der Waals surface area contributed by atoms with Gasteiger partial charge in [-0.05, 0) is 61.4 Å². The van der Waals surface area contributed by atoms with Crippen molar-refractivity contribution >= 4 is 17.3 Å². The number of nitrogens with one attached hydrogen (secondary N) is 2. The molecule has 0 saturated carbocycles. The molecule has 0 atom stereocenters. The van der Waals surface area contributed by atoms with Gasteiger partial charge in [0.2, 0.25) is 5.91 Å². The van der Waals surface area contributed by atoms with E-state index < -0.39 is 0 Å². The molecule has 1 aromatic heterocycles. The number of aryl methyl sites for hydroxylation is 2. The van der Waals surface area contributed by atoms with Gasteiger partial charge in [-0.25, -0.2) is 4.68 Å². The summed E-state index contributed by atoms with van der Waals surface area (Å²) in [5.74, 6) is -0.0730. The predicted molar refractivity (Wildman–Crippen MR) is 96.6 cm³/mol. The van der Waals surface area contributed by atoms with Gasteiger partial charge in [0, 0.05) is 23.8 Å². The van der Waals surface area contributed by atoms with Crippen molar-refractivity contribution in [2.24, 2.45) is 0 Å². The van der Waals surface area contributed by atoms with Crippen LogP contribution in [0.25, 0.3) is 5.69 Å². The minimum atomic E-state index is -0.0730. The molecule has 5 heteroatoms. The van der Waals surface area contributed by atoms with Crippen LogP contribution in [-0.2, 0) is 4.79 Å². The number of rotatable bonds is 5. The number of amides is 1. The Bertz CT molecular complexity index is 840. The monoisotopic (exact) mass is 320 g/mol. The molecule has 0 bridgehead atoms. The highest BCUT2D eigenvalue weighted by Crippen LogP contribution is 2.18. The number of carbonyl (C=O) groups is 1. The van der Waals surface area contributed by atoms with Crippen LogP contribution < -0.4 is 10.6 Å². The lowest BCUT2D eigenvalue weighted by molar-refractivity contribution is -0.114. The molecule has 1 amide bonds. The molecular formula is C19H20N4O. The first-order valence-corrected chi connectivity index (χ1v) is 7.83. The third kappa shape index (κ3) is 3.81.